The summed E-state index contributed by atoms with van der Waals surface area (Å²) in [5.41, 5.74) is 0. The molecule has 0 heterocycles. The summed E-state index contributed by atoms with van der Waals surface area (Å²) in [4.78, 5) is 37.6. The molecule has 510 valence electrons. The molecule has 0 aromatic heterocycles. The van der Waals surface area contributed by atoms with Gasteiger partial charge in [0.1, 0.15) is 13.2 Å². The second kappa shape index (κ2) is 69.1. The van der Waals surface area contributed by atoms with Gasteiger partial charge in [-0.05, 0) is 51.4 Å². The number of carboxylic acid groups (broad SMARTS) is 1. The van der Waals surface area contributed by atoms with Crippen molar-refractivity contribution in [1.29, 1.82) is 0 Å². The highest BCUT2D eigenvalue weighted by molar-refractivity contribution is 5.71. The molecule has 0 aliphatic carbocycles. The van der Waals surface area contributed by atoms with Gasteiger partial charge in [0.25, 0.3) is 6.29 Å². The summed E-state index contributed by atoms with van der Waals surface area (Å²) in [7, 11) is 5.99. The molecule has 2 atom stereocenters. The van der Waals surface area contributed by atoms with Gasteiger partial charge < -0.3 is 28.5 Å². The van der Waals surface area contributed by atoms with Crippen LogP contribution >= 0.6 is 0 Å². The Balaban J connectivity index is 3.93. The smallest absolute Gasteiger partial charge is 0.361 e. The SMILES string of the molecule is CC/C=C\C/C=C\C/C=C\C/C=C\CCCCCCCCCCCCCCCCCCCCCCCCCCCCCCC(=O)OC(COC(=O)CCCCCCCCCCCCCCCCCCCCCCC)COC(OCC[N+](C)(C)C)C(=O)O. The van der Waals surface area contributed by atoms with Crippen LogP contribution in [0.4, 0.5) is 0 Å². The van der Waals surface area contributed by atoms with E-state index in [2.05, 4.69) is 62.5 Å². The predicted molar refractivity (Wildman–Crippen MR) is 374 cm³/mol. The Labute approximate surface area is 540 Å². The number of esters is 2. The first-order chi connectivity index (χ1) is 42.6. The van der Waals surface area contributed by atoms with E-state index >= 15 is 0 Å². The van der Waals surface area contributed by atoms with Crippen LogP contribution in [0, 0.1) is 0 Å². The van der Waals surface area contributed by atoms with Gasteiger partial charge in [-0.15, -0.1) is 0 Å². The van der Waals surface area contributed by atoms with Crippen molar-refractivity contribution in [2.45, 2.75) is 386 Å². The fourth-order valence-electron chi connectivity index (χ4n) is 11.4. The normalized spacial score (nSPS) is 12.9. The second-order valence-electron chi connectivity index (χ2n) is 26.9. The van der Waals surface area contributed by atoms with Gasteiger partial charge in [-0.25, -0.2) is 4.79 Å². The van der Waals surface area contributed by atoms with Crippen LogP contribution in [0.3, 0.4) is 0 Å². The molecular weight excluding hydrogens is 1080 g/mol. The third-order valence-electron chi connectivity index (χ3n) is 17.1. The molecule has 0 amide bonds. The number of carbonyl (C=O) groups is 3. The Hall–Kier alpha value is -2.75. The number of allylic oxidation sites excluding steroid dienone is 8. The molecule has 0 aliphatic rings. The van der Waals surface area contributed by atoms with Crippen LogP contribution in [-0.4, -0.2) is 87.4 Å². The lowest BCUT2D eigenvalue weighted by Crippen LogP contribution is -2.40. The summed E-state index contributed by atoms with van der Waals surface area (Å²) in [5.74, 6) is -1.97. The second-order valence-corrected chi connectivity index (χ2v) is 26.9. The fourth-order valence-corrected chi connectivity index (χ4v) is 11.4. The van der Waals surface area contributed by atoms with Crippen molar-refractivity contribution in [2.75, 3.05) is 47.5 Å². The minimum Gasteiger partial charge on any atom is -0.477 e. The van der Waals surface area contributed by atoms with E-state index < -0.39 is 18.4 Å². The molecule has 0 radical (unpaired) electrons. The maximum Gasteiger partial charge on any atom is 0.361 e. The molecule has 87 heavy (non-hydrogen) atoms. The van der Waals surface area contributed by atoms with Crippen LogP contribution in [0.2, 0.25) is 0 Å². The number of ether oxygens (including phenoxy) is 4. The molecule has 0 aromatic carbocycles. The molecule has 0 rings (SSSR count). The van der Waals surface area contributed by atoms with Crippen molar-refractivity contribution >= 4 is 17.9 Å². The van der Waals surface area contributed by atoms with E-state index in [-0.39, 0.29) is 38.2 Å². The number of quaternary nitrogens is 1. The molecule has 0 aromatic rings. The Bertz CT molecular complexity index is 1570. The zero-order valence-corrected chi connectivity index (χ0v) is 58.5. The molecule has 0 bridgehead atoms. The molecule has 0 saturated heterocycles. The third kappa shape index (κ3) is 70.6. The predicted octanol–water partition coefficient (Wildman–Crippen LogP) is 23.7. The van der Waals surface area contributed by atoms with Crippen LogP contribution in [0.1, 0.15) is 373 Å². The number of aliphatic carboxylic acids is 1. The third-order valence-corrected chi connectivity index (χ3v) is 17.1. The highest BCUT2D eigenvalue weighted by Gasteiger charge is 2.25. The zero-order chi connectivity index (χ0) is 63.3. The first-order valence-corrected chi connectivity index (χ1v) is 37.8. The summed E-state index contributed by atoms with van der Waals surface area (Å²) in [6.45, 7) is 4.84. The standard InChI is InChI=1S/C78H145NO8/c1-6-8-10-12-14-16-18-20-22-24-26-28-29-30-31-32-33-34-35-36-37-38-39-40-41-42-43-44-45-46-47-49-51-53-55-57-59-61-63-65-67-69-76(81)87-74(73-86-78(77(82)83)84-71-70-79(3,4)5)72-85-75(80)68-66-64-62-60-58-56-54-52-50-48-27-25-23-21-19-17-15-13-11-9-7-2/h8,10,14,16,20,22,26,28,74,78H,6-7,9,11-13,15,17-19,21,23-25,27,29-73H2,1-5H3/p+1/b10-8-,16-14-,22-20-,28-26-. The minimum atomic E-state index is -1.51. The number of carboxylic acids is 1. The Morgan fingerprint density at radius 3 is 0.977 bits per heavy atom. The molecular formula is C78H146NO8+. The topological polar surface area (TPSA) is 108 Å². The van der Waals surface area contributed by atoms with Crippen molar-refractivity contribution < 1.29 is 42.9 Å². The first kappa shape index (κ1) is 84.2. The Morgan fingerprint density at radius 2 is 0.655 bits per heavy atom. The van der Waals surface area contributed by atoms with E-state index in [1.807, 2.05) is 21.1 Å². The Kier molecular flexibility index (Phi) is 67.0. The van der Waals surface area contributed by atoms with Crippen LogP contribution < -0.4 is 0 Å². The summed E-state index contributed by atoms with van der Waals surface area (Å²) in [6.07, 6.45) is 86.9. The summed E-state index contributed by atoms with van der Waals surface area (Å²) in [5, 5.41) is 9.75. The molecule has 1 N–H and O–H groups in total. The monoisotopic (exact) mass is 1230 g/mol. The lowest BCUT2D eigenvalue weighted by atomic mass is 10.0. The maximum absolute atomic E-state index is 13.0. The van der Waals surface area contributed by atoms with Gasteiger partial charge in [0, 0.05) is 12.8 Å². The molecule has 2 unspecified atom stereocenters. The number of hydrogen-bond donors (Lipinski definition) is 1. The largest absolute Gasteiger partial charge is 0.477 e. The van der Waals surface area contributed by atoms with Gasteiger partial charge in [0.15, 0.2) is 6.10 Å². The highest BCUT2D eigenvalue weighted by Crippen LogP contribution is 2.19. The fraction of sp³-hybridized carbons (Fsp3) is 0.859. The summed E-state index contributed by atoms with van der Waals surface area (Å²) < 4.78 is 23.0. The van der Waals surface area contributed by atoms with Crippen LogP contribution in [0.5, 0.6) is 0 Å². The quantitative estimate of drug-likeness (QED) is 0.0211. The molecule has 9 heteroatoms. The number of nitrogens with zero attached hydrogens (tertiary/aromatic N) is 1. The van der Waals surface area contributed by atoms with E-state index in [1.54, 1.807) is 0 Å². The van der Waals surface area contributed by atoms with Gasteiger partial charge in [0.2, 0.25) is 0 Å². The molecule has 0 saturated carbocycles. The molecule has 0 spiro atoms. The van der Waals surface area contributed by atoms with Gasteiger partial charge in [-0.3, -0.25) is 9.59 Å². The maximum atomic E-state index is 13.0. The zero-order valence-electron chi connectivity index (χ0n) is 58.5. The molecule has 0 fully saturated rings. The van der Waals surface area contributed by atoms with Gasteiger partial charge >= 0.3 is 17.9 Å². The van der Waals surface area contributed by atoms with Crippen molar-refractivity contribution in [2.24, 2.45) is 0 Å². The van der Waals surface area contributed by atoms with E-state index in [0.717, 1.165) is 64.2 Å². The average Bonchev–Trinajstić information content (AvgIpc) is 3.59. The van der Waals surface area contributed by atoms with Gasteiger partial charge in [0.05, 0.1) is 34.4 Å². The van der Waals surface area contributed by atoms with Crippen LogP contribution in [-0.2, 0) is 33.3 Å². The average molecular weight is 1230 g/mol. The van der Waals surface area contributed by atoms with Crippen LogP contribution in [0.25, 0.3) is 0 Å². The number of hydrogen-bond acceptors (Lipinski definition) is 7. The van der Waals surface area contributed by atoms with E-state index in [9.17, 15) is 19.5 Å². The lowest BCUT2D eigenvalue weighted by molar-refractivity contribution is -0.870. The van der Waals surface area contributed by atoms with Crippen molar-refractivity contribution in [3.05, 3.63) is 48.6 Å². The van der Waals surface area contributed by atoms with Crippen molar-refractivity contribution in [3.63, 3.8) is 0 Å². The highest BCUT2D eigenvalue weighted by atomic mass is 16.7. The minimum absolute atomic E-state index is 0.174. The summed E-state index contributed by atoms with van der Waals surface area (Å²) >= 11 is 0. The Morgan fingerprint density at radius 1 is 0.356 bits per heavy atom. The molecule has 0 aliphatic heterocycles. The molecule has 9 nitrogen and oxygen atoms in total. The number of carbonyl (C=O) groups excluding carboxylic acids is 2. The van der Waals surface area contributed by atoms with Gasteiger partial charge in [-0.1, -0.05) is 358 Å². The number of likely N-dealkylation sites (N-methyl/N-ethyl adjacent to an activating group) is 1. The first-order valence-electron chi connectivity index (χ1n) is 37.8. The van der Waals surface area contributed by atoms with Crippen molar-refractivity contribution in [1.82, 2.24) is 0 Å². The van der Waals surface area contributed by atoms with E-state index in [1.165, 1.54) is 283 Å². The van der Waals surface area contributed by atoms with Gasteiger partial charge in [-0.2, -0.15) is 0 Å². The van der Waals surface area contributed by atoms with E-state index in [0.29, 0.717) is 17.4 Å². The lowest BCUT2D eigenvalue weighted by Gasteiger charge is -2.25. The number of unbranched alkanes of at least 4 members (excludes halogenated alkanes) is 48. The number of rotatable bonds is 71. The van der Waals surface area contributed by atoms with Crippen LogP contribution in [0.15, 0.2) is 48.6 Å². The van der Waals surface area contributed by atoms with Crippen molar-refractivity contribution in [3.8, 4) is 0 Å². The van der Waals surface area contributed by atoms with E-state index in [4.69, 9.17) is 18.9 Å². The summed E-state index contributed by atoms with van der Waals surface area (Å²) in [6, 6.07) is 0.